The van der Waals surface area contributed by atoms with Gasteiger partial charge in [-0.3, -0.25) is 4.90 Å². The van der Waals surface area contributed by atoms with Gasteiger partial charge in [-0.25, -0.2) is 0 Å². The summed E-state index contributed by atoms with van der Waals surface area (Å²) in [5.74, 6) is 0. The lowest BCUT2D eigenvalue weighted by Gasteiger charge is -2.17. The first-order chi connectivity index (χ1) is 5.85. The maximum Gasteiger partial charge on any atom is 0.134 e. The average molecular weight is 172 g/mol. The lowest BCUT2D eigenvalue weighted by Crippen LogP contribution is -2.25. The maximum absolute atomic E-state index is 10.0. The van der Waals surface area contributed by atoms with Crippen LogP contribution in [0.4, 0.5) is 0 Å². The summed E-state index contributed by atoms with van der Waals surface area (Å²) in [5.41, 5.74) is 0. The molecule has 0 rings (SSSR count). The van der Waals surface area contributed by atoms with Gasteiger partial charge in [-0.2, -0.15) is 0 Å². The van der Waals surface area contributed by atoms with E-state index in [0.29, 0.717) is 6.67 Å². The first kappa shape index (κ1) is 11.6. The van der Waals surface area contributed by atoms with Crippen LogP contribution in [0.15, 0.2) is 5.18 Å². The lowest BCUT2D eigenvalue weighted by molar-refractivity contribution is 0.273. The van der Waals surface area contributed by atoms with Crippen LogP contribution in [-0.2, 0) is 0 Å². The van der Waals surface area contributed by atoms with Gasteiger partial charge in [0.1, 0.15) is 6.67 Å². The van der Waals surface area contributed by atoms with Crippen molar-refractivity contribution in [3.8, 4) is 0 Å². The highest BCUT2D eigenvalue weighted by atomic mass is 16.3. The minimum absolute atomic E-state index is 0.361. The molecule has 12 heavy (non-hydrogen) atoms. The number of hydrogen-bond donors (Lipinski definition) is 0. The Morgan fingerprint density at radius 3 is 1.92 bits per heavy atom. The molecule has 0 aliphatic heterocycles. The normalized spacial score (nSPS) is 10.6. The van der Waals surface area contributed by atoms with Crippen LogP contribution in [0.25, 0.3) is 0 Å². The molecule has 0 N–H and O–H groups in total. The highest BCUT2D eigenvalue weighted by Gasteiger charge is 2.01. The molecule has 3 nitrogen and oxygen atoms in total. The Hall–Kier alpha value is -0.440. The number of nitroso groups, excluding NO2 is 1. The summed E-state index contributed by atoms with van der Waals surface area (Å²) >= 11 is 0. The third-order valence-electron chi connectivity index (χ3n) is 1.91. The maximum atomic E-state index is 10.0. The number of nitrogens with zero attached hydrogens (tertiary/aromatic N) is 2. The van der Waals surface area contributed by atoms with E-state index >= 15 is 0 Å². The fourth-order valence-corrected chi connectivity index (χ4v) is 1.10. The van der Waals surface area contributed by atoms with Gasteiger partial charge in [-0.1, -0.05) is 31.9 Å². The Morgan fingerprint density at radius 2 is 1.58 bits per heavy atom. The Morgan fingerprint density at radius 1 is 1.08 bits per heavy atom. The van der Waals surface area contributed by atoms with Gasteiger partial charge < -0.3 is 0 Å². The second-order valence-corrected chi connectivity index (χ2v) is 3.10. The van der Waals surface area contributed by atoms with Crippen molar-refractivity contribution in [2.75, 3.05) is 19.8 Å². The molecule has 0 fully saturated rings. The van der Waals surface area contributed by atoms with Crippen molar-refractivity contribution in [1.82, 2.24) is 4.90 Å². The lowest BCUT2D eigenvalue weighted by atomic mass is 10.3. The van der Waals surface area contributed by atoms with Crippen molar-refractivity contribution in [2.45, 2.75) is 39.5 Å². The third kappa shape index (κ3) is 6.28. The number of unbranched alkanes of at least 4 members (excludes halogenated alkanes) is 2. The summed E-state index contributed by atoms with van der Waals surface area (Å²) in [4.78, 5) is 12.2. The van der Waals surface area contributed by atoms with E-state index in [9.17, 15) is 4.91 Å². The van der Waals surface area contributed by atoms with Gasteiger partial charge in [0, 0.05) is 0 Å². The monoisotopic (exact) mass is 172 g/mol. The summed E-state index contributed by atoms with van der Waals surface area (Å²) in [7, 11) is 0. The first-order valence-electron chi connectivity index (χ1n) is 4.86. The molecule has 0 bridgehead atoms. The molecule has 0 spiro atoms. The van der Waals surface area contributed by atoms with Crippen molar-refractivity contribution >= 4 is 0 Å². The van der Waals surface area contributed by atoms with E-state index in [4.69, 9.17) is 0 Å². The van der Waals surface area contributed by atoms with E-state index in [1.807, 2.05) is 0 Å². The topological polar surface area (TPSA) is 32.7 Å². The van der Waals surface area contributed by atoms with Crippen molar-refractivity contribution in [2.24, 2.45) is 5.18 Å². The fraction of sp³-hybridized carbons (Fsp3) is 1.00. The van der Waals surface area contributed by atoms with Gasteiger partial charge >= 0.3 is 0 Å². The smallest absolute Gasteiger partial charge is 0.134 e. The zero-order valence-corrected chi connectivity index (χ0v) is 8.25. The molecule has 0 saturated carbocycles. The summed E-state index contributed by atoms with van der Waals surface area (Å²) in [6.45, 7) is 6.71. The molecule has 3 heteroatoms. The van der Waals surface area contributed by atoms with Crippen LogP contribution < -0.4 is 0 Å². The van der Waals surface area contributed by atoms with Crippen LogP contribution in [0.3, 0.4) is 0 Å². The molecule has 0 unspecified atom stereocenters. The molecule has 0 radical (unpaired) electrons. The van der Waals surface area contributed by atoms with Crippen LogP contribution in [0.2, 0.25) is 0 Å². The second kappa shape index (κ2) is 8.65. The van der Waals surface area contributed by atoms with Crippen LogP contribution in [0, 0.1) is 4.91 Å². The van der Waals surface area contributed by atoms with Crippen LogP contribution in [0.5, 0.6) is 0 Å². The van der Waals surface area contributed by atoms with Crippen molar-refractivity contribution < 1.29 is 0 Å². The minimum Gasteiger partial charge on any atom is -0.282 e. The molecular formula is C9H20N2O. The molecule has 0 amide bonds. The molecule has 0 atom stereocenters. The van der Waals surface area contributed by atoms with Gasteiger partial charge in [0.25, 0.3) is 0 Å². The highest BCUT2D eigenvalue weighted by molar-refractivity contribution is 4.55. The predicted molar refractivity (Wildman–Crippen MR) is 52.1 cm³/mol. The molecule has 0 heterocycles. The standard InChI is InChI=1S/C9H20N2O/c1-3-5-7-11(9-10-12)8-6-4-2/h3-9H2,1-2H3. The molecule has 0 saturated heterocycles. The second-order valence-electron chi connectivity index (χ2n) is 3.10. The Bertz CT molecular complexity index is 98.7. The van der Waals surface area contributed by atoms with E-state index in [-0.39, 0.29) is 0 Å². The molecule has 0 aromatic heterocycles. The summed E-state index contributed by atoms with van der Waals surface area (Å²) < 4.78 is 0. The van der Waals surface area contributed by atoms with Gasteiger partial charge in [0.2, 0.25) is 0 Å². The summed E-state index contributed by atoms with van der Waals surface area (Å²) in [6, 6.07) is 0. The molecule has 0 aliphatic carbocycles. The van der Waals surface area contributed by atoms with Gasteiger partial charge in [-0.15, -0.1) is 4.91 Å². The van der Waals surface area contributed by atoms with E-state index in [2.05, 4.69) is 23.9 Å². The number of hydrogen-bond acceptors (Lipinski definition) is 3. The summed E-state index contributed by atoms with van der Waals surface area (Å²) in [6.07, 6.45) is 4.70. The van der Waals surface area contributed by atoms with E-state index in [0.717, 1.165) is 13.1 Å². The first-order valence-corrected chi connectivity index (χ1v) is 4.86. The predicted octanol–water partition coefficient (Wildman–Crippen LogP) is 2.61. The average Bonchev–Trinajstić information content (AvgIpc) is 2.10. The van der Waals surface area contributed by atoms with E-state index in [1.54, 1.807) is 0 Å². The van der Waals surface area contributed by atoms with Gasteiger partial charge in [-0.05, 0) is 25.9 Å². The van der Waals surface area contributed by atoms with E-state index in [1.165, 1.54) is 25.7 Å². The molecule has 0 aliphatic rings. The van der Waals surface area contributed by atoms with E-state index < -0.39 is 0 Å². The molecule has 72 valence electrons. The molecule has 0 aromatic carbocycles. The van der Waals surface area contributed by atoms with Gasteiger partial charge in [0.05, 0.1) is 0 Å². The SMILES string of the molecule is CCCCN(CCCC)CN=O. The fourth-order valence-electron chi connectivity index (χ4n) is 1.10. The zero-order chi connectivity index (χ0) is 9.23. The Kier molecular flexibility index (Phi) is 8.34. The molecule has 0 aromatic rings. The van der Waals surface area contributed by atoms with Crippen molar-refractivity contribution in [3.63, 3.8) is 0 Å². The van der Waals surface area contributed by atoms with Crippen LogP contribution >= 0.6 is 0 Å². The van der Waals surface area contributed by atoms with Gasteiger partial charge in [0.15, 0.2) is 0 Å². The number of rotatable bonds is 8. The zero-order valence-electron chi connectivity index (χ0n) is 8.25. The quantitative estimate of drug-likeness (QED) is 0.527. The van der Waals surface area contributed by atoms with Crippen molar-refractivity contribution in [1.29, 1.82) is 0 Å². The Labute approximate surface area is 75.1 Å². The summed E-state index contributed by atoms with van der Waals surface area (Å²) in [5, 5.41) is 2.92. The third-order valence-corrected chi connectivity index (χ3v) is 1.91. The Balaban J connectivity index is 3.46. The van der Waals surface area contributed by atoms with Crippen molar-refractivity contribution in [3.05, 3.63) is 4.91 Å². The minimum atomic E-state index is 0.361. The molecular weight excluding hydrogens is 152 g/mol. The van der Waals surface area contributed by atoms with Crippen LogP contribution in [0.1, 0.15) is 39.5 Å². The van der Waals surface area contributed by atoms with Crippen LogP contribution in [-0.4, -0.2) is 24.7 Å². The highest BCUT2D eigenvalue weighted by Crippen LogP contribution is 1.98. The largest absolute Gasteiger partial charge is 0.282 e.